The van der Waals surface area contributed by atoms with Crippen LogP contribution in [0, 0.1) is 0 Å². The lowest BCUT2D eigenvalue weighted by molar-refractivity contribution is 0.343. The number of benzene rings is 1. The molecule has 2 nitrogen and oxygen atoms in total. The van der Waals surface area contributed by atoms with Crippen LogP contribution in [-0.2, 0) is 6.54 Å². The number of anilines is 1. The minimum absolute atomic E-state index is 0.761. The van der Waals surface area contributed by atoms with E-state index in [0.29, 0.717) is 0 Å². The number of likely N-dealkylation sites (N-methyl/N-ethyl adjacent to an activating group) is 1. The Labute approximate surface area is 128 Å². The summed E-state index contributed by atoms with van der Waals surface area (Å²) in [5.74, 6) is 0. The van der Waals surface area contributed by atoms with E-state index in [-0.39, 0.29) is 0 Å². The standard InChI is InChI=1S/C14H16Cl2N2S/c1-18(10-13-6-7-14(16)19-13)9-8-17-12-4-2-11(15)3-5-12/h2-7,17H,8-10H2,1H3. The lowest BCUT2D eigenvalue weighted by Crippen LogP contribution is -2.24. The summed E-state index contributed by atoms with van der Waals surface area (Å²) in [6.45, 7) is 2.80. The largest absolute Gasteiger partial charge is 0.384 e. The van der Waals surface area contributed by atoms with Crippen molar-refractivity contribution < 1.29 is 0 Å². The van der Waals surface area contributed by atoms with Gasteiger partial charge in [0.25, 0.3) is 0 Å². The maximum Gasteiger partial charge on any atom is 0.0931 e. The zero-order valence-corrected chi connectivity index (χ0v) is 13.0. The molecule has 0 atom stereocenters. The molecule has 0 spiro atoms. The van der Waals surface area contributed by atoms with Crippen molar-refractivity contribution >= 4 is 40.2 Å². The van der Waals surface area contributed by atoms with Crippen LogP contribution in [0.1, 0.15) is 4.88 Å². The maximum absolute atomic E-state index is 5.92. The average molecular weight is 315 g/mol. The van der Waals surface area contributed by atoms with Gasteiger partial charge in [-0.1, -0.05) is 23.2 Å². The monoisotopic (exact) mass is 314 g/mol. The van der Waals surface area contributed by atoms with E-state index < -0.39 is 0 Å². The quantitative estimate of drug-likeness (QED) is 0.838. The van der Waals surface area contributed by atoms with Crippen LogP contribution >= 0.6 is 34.5 Å². The van der Waals surface area contributed by atoms with E-state index in [9.17, 15) is 0 Å². The molecule has 5 heteroatoms. The van der Waals surface area contributed by atoms with Crippen LogP contribution in [0.25, 0.3) is 0 Å². The van der Waals surface area contributed by atoms with Crippen LogP contribution in [-0.4, -0.2) is 25.0 Å². The van der Waals surface area contributed by atoms with Gasteiger partial charge in [-0.3, -0.25) is 4.90 Å². The van der Waals surface area contributed by atoms with Gasteiger partial charge < -0.3 is 5.32 Å². The number of nitrogens with one attached hydrogen (secondary N) is 1. The number of nitrogens with zero attached hydrogens (tertiary/aromatic N) is 1. The third-order valence-corrected chi connectivity index (χ3v) is 4.19. The number of rotatable bonds is 6. The van der Waals surface area contributed by atoms with Crippen molar-refractivity contribution in [3.05, 3.63) is 50.6 Å². The maximum atomic E-state index is 5.92. The second-order valence-corrected chi connectivity index (χ2v) is 6.61. The summed E-state index contributed by atoms with van der Waals surface area (Å²) < 4.78 is 0.850. The zero-order chi connectivity index (χ0) is 13.7. The molecule has 0 aliphatic heterocycles. The second-order valence-electron chi connectivity index (χ2n) is 4.38. The Morgan fingerprint density at radius 3 is 2.47 bits per heavy atom. The van der Waals surface area contributed by atoms with E-state index in [0.717, 1.165) is 34.7 Å². The number of hydrogen-bond acceptors (Lipinski definition) is 3. The van der Waals surface area contributed by atoms with Crippen molar-refractivity contribution in [3.63, 3.8) is 0 Å². The lowest BCUT2D eigenvalue weighted by atomic mass is 10.3. The fourth-order valence-electron chi connectivity index (χ4n) is 1.74. The van der Waals surface area contributed by atoms with Gasteiger partial charge in [0.2, 0.25) is 0 Å². The molecule has 1 aromatic carbocycles. The summed E-state index contributed by atoms with van der Waals surface area (Å²) in [7, 11) is 2.11. The third kappa shape index (κ3) is 5.03. The molecular weight excluding hydrogens is 299 g/mol. The van der Waals surface area contributed by atoms with E-state index in [1.807, 2.05) is 30.3 Å². The van der Waals surface area contributed by atoms with E-state index in [1.54, 1.807) is 11.3 Å². The smallest absolute Gasteiger partial charge is 0.0931 e. The minimum atomic E-state index is 0.761. The van der Waals surface area contributed by atoms with E-state index in [4.69, 9.17) is 23.2 Å². The van der Waals surface area contributed by atoms with Gasteiger partial charge in [0.15, 0.2) is 0 Å². The normalized spacial score (nSPS) is 10.9. The molecule has 19 heavy (non-hydrogen) atoms. The molecule has 0 amide bonds. The van der Waals surface area contributed by atoms with Gasteiger partial charge in [-0.25, -0.2) is 0 Å². The Morgan fingerprint density at radius 2 is 1.84 bits per heavy atom. The highest BCUT2D eigenvalue weighted by atomic mass is 35.5. The summed E-state index contributed by atoms with van der Waals surface area (Å²) in [4.78, 5) is 3.56. The van der Waals surface area contributed by atoms with Crippen molar-refractivity contribution in [2.75, 3.05) is 25.5 Å². The number of hydrogen-bond donors (Lipinski definition) is 1. The first-order valence-electron chi connectivity index (χ1n) is 6.06. The van der Waals surface area contributed by atoms with E-state index >= 15 is 0 Å². The molecule has 2 aromatic rings. The van der Waals surface area contributed by atoms with Gasteiger partial charge in [0, 0.05) is 35.2 Å². The number of halogens is 2. The van der Waals surface area contributed by atoms with Crippen molar-refractivity contribution in [3.8, 4) is 0 Å². The fraction of sp³-hybridized carbons (Fsp3) is 0.286. The van der Waals surface area contributed by atoms with Gasteiger partial charge in [0.1, 0.15) is 0 Å². The van der Waals surface area contributed by atoms with Gasteiger partial charge >= 0.3 is 0 Å². The minimum Gasteiger partial charge on any atom is -0.384 e. The molecule has 1 heterocycles. The third-order valence-electron chi connectivity index (χ3n) is 2.72. The molecular formula is C14H16Cl2N2S. The van der Waals surface area contributed by atoms with Crippen LogP contribution in [0.5, 0.6) is 0 Å². The van der Waals surface area contributed by atoms with Crippen molar-refractivity contribution in [1.29, 1.82) is 0 Å². The summed E-state index contributed by atoms with van der Waals surface area (Å²) in [6, 6.07) is 11.8. The van der Waals surface area contributed by atoms with Crippen molar-refractivity contribution in [1.82, 2.24) is 4.90 Å². The summed E-state index contributed by atoms with van der Waals surface area (Å²) in [5, 5.41) is 4.13. The second kappa shape index (κ2) is 7.15. The predicted octanol–water partition coefficient (Wildman–Crippen LogP) is 4.60. The van der Waals surface area contributed by atoms with Gasteiger partial charge in [-0.15, -0.1) is 11.3 Å². The average Bonchev–Trinajstić information content (AvgIpc) is 2.77. The molecule has 0 unspecified atom stereocenters. The molecule has 2 rings (SSSR count). The van der Waals surface area contributed by atoms with Crippen LogP contribution in [0.4, 0.5) is 5.69 Å². The van der Waals surface area contributed by atoms with Gasteiger partial charge in [-0.05, 0) is 43.4 Å². The Kier molecular flexibility index (Phi) is 5.52. The highest BCUT2D eigenvalue weighted by Gasteiger charge is 2.03. The summed E-state index contributed by atoms with van der Waals surface area (Å²) >= 11 is 13.4. The zero-order valence-electron chi connectivity index (χ0n) is 10.7. The molecule has 0 saturated carbocycles. The molecule has 0 aliphatic rings. The van der Waals surface area contributed by atoms with E-state index in [1.165, 1.54) is 4.88 Å². The van der Waals surface area contributed by atoms with Crippen molar-refractivity contribution in [2.45, 2.75) is 6.54 Å². The summed E-state index contributed by atoms with van der Waals surface area (Å²) in [5.41, 5.74) is 1.09. The molecule has 0 bridgehead atoms. The van der Waals surface area contributed by atoms with Crippen molar-refractivity contribution in [2.24, 2.45) is 0 Å². The van der Waals surface area contributed by atoms with Crippen LogP contribution < -0.4 is 5.32 Å². The molecule has 0 saturated heterocycles. The van der Waals surface area contributed by atoms with E-state index in [2.05, 4.69) is 23.3 Å². The molecule has 0 fully saturated rings. The Balaban J connectivity index is 1.71. The summed E-state index contributed by atoms with van der Waals surface area (Å²) in [6.07, 6.45) is 0. The number of thiophene rings is 1. The van der Waals surface area contributed by atoms with Gasteiger partial charge in [0.05, 0.1) is 4.34 Å². The first-order chi connectivity index (χ1) is 9.13. The molecule has 1 N–H and O–H groups in total. The lowest BCUT2D eigenvalue weighted by Gasteiger charge is -2.16. The topological polar surface area (TPSA) is 15.3 Å². The van der Waals surface area contributed by atoms with Crippen LogP contribution in [0.3, 0.4) is 0 Å². The van der Waals surface area contributed by atoms with Crippen LogP contribution in [0.2, 0.25) is 9.36 Å². The van der Waals surface area contributed by atoms with Gasteiger partial charge in [-0.2, -0.15) is 0 Å². The molecule has 0 radical (unpaired) electrons. The predicted molar refractivity (Wildman–Crippen MR) is 85.6 cm³/mol. The fourth-order valence-corrected chi connectivity index (χ4v) is 3.03. The highest BCUT2D eigenvalue weighted by molar-refractivity contribution is 7.16. The molecule has 1 aromatic heterocycles. The Bertz CT molecular complexity index is 510. The molecule has 102 valence electrons. The first kappa shape index (κ1) is 14.7. The highest BCUT2D eigenvalue weighted by Crippen LogP contribution is 2.22. The Morgan fingerprint density at radius 1 is 1.11 bits per heavy atom. The SMILES string of the molecule is CN(CCNc1ccc(Cl)cc1)Cc1ccc(Cl)s1. The molecule has 0 aliphatic carbocycles. The first-order valence-corrected chi connectivity index (χ1v) is 7.63. The van der Waals surface area contributed by atoms with Crippen LogP contribution in [0.15, 0.2) is 36.4 Å². The Hall–Kier alpha value is -0.740.